The van der Waals surface area contributed by atoms with Gasteiger partial charge in [-0.3, -0.25) is 4.79 Å². The van der Waals surface area contributed by atoms with Crippen LogP contribution in [-0.4, -0.2) is 44.1 Å². The van der Waals surface area contributed by atoms with Gasteiger partial charge in [-0.2, -0.15) is 0 Å². The molecule has 2 aromatic rings. The molecule has 1 amide bonds. The zero-order valence-electron chi connectivity index (χ0n) is 17.2. The third-order valence-corrected chi connectivity index (χ3v) is 6.12. The minimum atomic E-state index is -0.215. The summed E-state index contributed by atoms with van der Waals surface area (Å²) in [7, 11) is 1.66. The van der Waals surface area contributed by atoms with Crippen LogP contribution in [0.15, 0.2) is 42.5 Å². The summed E-state index contributed by atoms with van der Waals surface area (Å²) >= 11 is 0. The number of anilines is 2. The maximum atomic E-state index is 12.8. The molecule has 0 aliphatic carbocycles. The standard InChI is InChI=1S/C23H30N4O2/c1-16-9-11-26(12-10-16)13-14-27-21-8-5-18(24)15-20(21)23(28)25-22(27)17-3-6-19(29-2)7-4-17/h3-8,15-16,22H,9-14,24H2,1-2H3,(H,25,28). The zero-order chi connectivity index (χ0) is 20.4. The number of piperidine rings is 1. The number of nitrogens with zero attached hydrogens (tertiary/aromatic N) is 2. The lowest BCUT2D eigenvalue weighted by Crippen LogP contribution is -2.49. The second-order valence-corrected chi connectivity index (χ2v) is 8.14. The lowest BCUT2D eigenvalue weighted by Gasteiger charge is -2.41. The van der Waals surface area contributed by atoms with Gasteiger partial charge in [0.1, 0.15) is 11.9 Å². The van der Waals surface area contributed by atoms with Gasteiger partial charge in [-0.05, 0) is 67.7 Å². The van der Waals surface area contributed by atoms with Crippen LogP contribution in [0.5, 0.6) is 5.75 Å². The van der Waals surface area contributed by atoms with Gasteiger partial charge < -0.3 is 25.6 Å². The Kier molecular flexibility index (Phi) is 5.62. The van der Waals surface area contributed by atoms with Crippen LogP contribution in [0.3, 0.4) is 0 Å². The lowest BCUT2D eigenvalue weighted by atomic mass is 9.99. The van der Waals surface area contributed by atoms with E-state index in [2.05, 4.69) is 22.0 Å². The van der Waals surface area contributed by atoms with Gasteiger partial charge in [0.05, 0.1) is 18.4 Å². The first kappa shape index (κ1) is 19.6. The lowest BCUT2D eigenvalue weighted by molar-refractivity contribution is 0.0925. The van der Waals surface area contributed by atoms with Gasteiger partial charge >= 0.3 is 0 Å². The van der Waals surface area contributed by atoms with E-state index in [9.17, 15) is 4.79 Å². The molecular formula is C23H30N4O2. The third-order valence-electron chi connectivity index (χ3n) is 6.12. The van der Waals surface area contributed by atoms with E-state index in [0.717, 1.165) is 49.1 Å². The molecule has 6 nitrogen and oxygen atoms in total. The van der Waals surface area contributed by atoms with E-state index in [1.807, 2.05) is 36.4 Å². The summed E-state index contributed by atoms with van der Waals surface area (Å²) in [5.41, 5.74) is 9.17. The molecule has 2 aliphatic rings. The summed E-state index contributed by atoms with van der Waals surface area (Å²) in [5.74, 6) is 1.53. The van der Waals surface area contributed by atoms with Gasteiger partial charge in [0.2, 0.25) is 0 Å². The van der Waals surface area contributed by atoms with Gasteiger partial charge in [-0.15, -0.1) is 0 Å². The largest absolute Gasteiger partial charge is 0.497 e. The average Bonchev–Trinajstić information content (AvgIpc) is 2.74. The van der Waals surface area contributed by atoms with Crippen molar-refractivity contribution in [3.8, 4) is 5.75 Å². The molecule has 0 bridgehead atoms. The number of amides is 1. The van der Waals surface area contributed by atoms with Crippen molar-refractivity contribution in [1.29, 1.82) is 0 Å². The van der Waals surface area contributed by atoms with E-state index in [1.165, 1.54) is 12.8 Å². The van der Waals surface area contributed by atoms with E-state index >= 15 is 0 Å². The Bertz CT molecular complexity index is 860. The SMILES string of the molecule is COc1ccc(C2NC(=O)c3cc(N)ccc3N2CCN2CCC(C)CC2)cc1. The number of methoxy groups -OCH3 is 1. The van der Waals surface area contributed by atoms with E-state index in [4.69, 9.17) is 10.5 Å². The van der Waals surface area contributed by atoms with Crippen molar-refractivity contribution >= 4 is 17.3 Å². The Morgan fingerprint density at radius 1 is 1.10 bits per heavy atom. The van der Waals surface area contributed by atoms with Crippen LogP contribution in [0.2, 0.25) is 0 Å². The fourth-order valence-corrected chi connectivity index (χ4v) is 4.24. The number of hydrogen-bond donors (Lipinski definition) is 2. The molecule has 154 valence electrons. The van der Waals surface area contributed by atoms with Crippen LogP contribution >= 0.6 is 0 Å². The molecule has 1 fully saturated rings. The average molecular weight is 395 g/mol. The summed E-state index contributed by atoms with van der Waals surface area (Å²) in [6.07, 6.45) is 2.30. The molecule has 2 heterocycles. The molecule has 2 aromatic carbocycles. The Balaban J connectivity index is 1.61. The fraction of sp³-hybridized carbons (Fsp3) is 0.435. The highest BCUT2D eigenvalue weighted by Gasteiger charge is 2.32. The second-order valence-electron chi connectivity index (χ2n) is 8.14. The van der Waals surface area contributed by atoms with Crippen molar-refractivity contribution in [2.24, 2.45) is 5.92 Å². The van der Waals surface area contributed by atoms with Crippen LogP contribution < -0.4 is 20.7 Å². The van der Waals surface area contributed by atoms with E-state index in [-0.39, 0.29) is 12.1 Å². The maximum Gasteiger partial charge on any atom is 0.255 e. The summed E-state index contributed by atoms with van der Waals surface area (Å²) in [5, 5.41) is 3.17. The summed E-state index contributed by atoms with van der Waals surface area (Å²) < 4.78 is 5.29. The maximum absolute atomic E-state index is 12.8. The highest BCUT2D eigenvalue weighted by Crippen LogP contribution is 2.34. The molecule has 29 heavy (non-hydrogen) atoms. The molecular weight excluding hydrogens is 364 g/mol. The number of rotatable bonds is 5. The van der Waals surface area contributed by atoms with Crippen molar-refractivity contribution < 1.29 is 9.53 Å². The molecule has 1 atom stereocenters. The molecule has 2 aliphatic heterocycles. The molecule has 1 saturated heterocycles. The van der Waals surface area contributed by atoms with Gasteiger partial charge in [0.15, 0.2) is 0 Å². The van der Waals surface area contributed by atoms with E-state index < -0.39 is 0 Å². The Morgan fingerprint density at radius 3 is 2.52 bits per heavy atom. The second kappa shape index (κ2) is 8.33. The van der Waals surface area contributed by atoms with Crippen molar-refractivity contribution in [1.82, 2.24) is 10.2 Å². The smallest absolute Gasteiger partial charge is 0.255 e. The number of nitrogens with two attached hydrogens (primary N) is 1. The fourth-order valence-electron chi connectivity index (χ4n) is 4.24. The number of nitrogens with one attached hydrogen (secondary N) is 1. The minimum absolute atomic E-state index is 0.0869. The number of ether oxygens (including phenoxy) is 1. The van der Waals surface area contributed by atoms with E-state index in [0.29, 0.717) is 11.3 Å². The first-order chi connectivity index (χ1) is 14.0. The topological polar surface area (TPSA) is 70.8 Å². The van der Waals surface area contributed by atoms with Crippen molar-refractivity contribution in [2.45, 2.75) is 25.9 Å². The molecule has 0 radical (unpaired) electrons. The molecule has 4 rings (SSSR count). The van der Waals surface area contributed by atoms with E-state index in [1.54, 1.807) is 13.2 Å². The number of likely N-dealkylation sites (tertiary alicyclic amines) is 1. The molecule has 0 aromatic heterocycles. The first-order valence-corrected chi connectivity index (χ1v) is 10.4. The van der Waals surface area contributed by atoms with Gasteiger partial charge in [0.25, 0.3) is 5.91 Å². The Hall–Kier alpha value is -2.73. The summed E-state index contributed by atoms with van der Waals surface area (Å²) in [4.78, 5) is 17.6. The molecule has 3 N–H and O–H groups in total. The Labute approximate surface area is 172 Å². The van der Waals surface area contributed by atoms with Crippen molar-refractivity contribution in [2.75, 3.05) is 43.9 Å². The quantitative estimate of drug-likeness (QED) is 0.762. The van der Waals surface area contributed by atoms with Crippen LogP contribution in [0.25, 0.3) is 0 Å². The number of nitrogen functional groups attached to an aromatic ring is 1. The third kappa shape index (κ3) is 4.17. The molecule has 0 spiro atoms. The number of carbonyl (C=O) groups excluding carboxylic acids is 1. The number of benzene rings is 2. The van der Waals surface area contributed by atoms with Crippen LogP contribution in [0.4, 0.5) is 11.4 Å². The monoisotopic (exact) mass is 394 g/mol. The predicted octanol–water partition coefficient (Wildman–Crippen LogP) is 3.26. The predicted molar refractivity (Wildman–Crippen MR) is 116 cm³/mol. The van der Waals surface area contributed by atoms with Crippen LogP contribution in [0, 0.1) is 5.92 Å². The number of carbonyl (C=O) groups is 1. The number of fused-ring (bicyclic) bond motifs is 1. The summed E-state index contributed by atoms with van der Waals surface area (Å²) in [6, 6.07) is 13.5. The zero-order valence-corrected chi connectivity index (χ0v) is 17.2. The number of hydrogen-bond acceptors (Lipinski definition) is 5. The van der Waals surface area contributed by atoms with Crippen molar-refractivity contribution in [3.63, 3.8) is 0 Å². The highest BCUT2D eigenvalue weighted by molar-refractivity contribution is 6.02. The first-order valence-electron chi connectivity index (χ1n) is 10.4. The molecule has 0 saturated carbocycles. The highest BCUT2D eigenvalue weighted by atomic mass is 16.5. The normalized spacial score (nSPS) is 20.3. The molecule has 1 unspecified atom stereocenters. The van der Waals surface area contributed by atoms with Gasteiger partial charge in [-0.25, -0.2) is 0 Å². The van der Waals surface area contributed by atoms with Crippen molar-refractivity contribution in [3.05, 3.63) is 53.6 Å². The summed E-state index contributed by atoms with van der Waals surface area (Å²) in [6.45, 7) is 6.42. The van der Waals surface area contributed by atoms with Crippen LogP contribution in [-0.2, 0) is 0 Å². The van der Waals surface area contributed by atoms with Crippen LogP contribution in [0.1, 0.15) is 41.9 Å². The van der Waals surface area contributed by atoms with Gasteiger partial charge in [-0.1, -0.05) is 19.1 Å². The minimum Gasteiger partial charge on any atom is -0.497 e. The van der Waals surface area contributed by atoms with Gasteiger partial charge in [0, 0.05) is 18.8 Å². The molecule has 6 heteroatoms. The Morgan fingerprint density at radius 2 is 1.83 bits per heavy atom.